The second-order valence-electron chi connectivity index (χ2n) is 7.68. The van der Waals surface area contributed by atoms with Gasteiger partial charge < -0.3 is 20.1 Å². The SMILES string of the molecule is CCn1ccc2cc(C(=O)NC[C@H](C)c3ccc(N4CCNCC4)cc3)cnc21. The Kier molecular flexibility index (Phi) is 5.81. The van der Waals surface area contributed by atoms with Crippen LogP contribution in [0, 0.1) is 0 Å². The number of nitrogens with zero attached hydrogens (tertiary/aromatic N) is 3. The van der Waals surface area contributed by atoms with Crippen molar-refractivity contribution in [2.24, 2.45) is 0 Å². The second-order valence-corrected chi connectivity index (χ2v) is 7.68. The van der Waals surface area contributed by atoms with Crippen LogP contribution in [0.1, 0.15) is 35.7 Å². The number of carbonyl (C=O) groups excluding carboxylic acids is 1. The molecule has 6 nitrogen and oxygen atoms in total. The Hall–Kier alpha value is -2.86. The van der Waals surface area contributed by atoms with Gasteiger partial charge in [0, 0.05) is 62.7 Å². The van der Waals surface area contributed by atoms with Gasteiger partial charge in [-0.2, -0.15) is 0 Å². The normalized spacial score (nSPS) is 15.4. The highest BCUT2D eigenvalue weighted by Crippen LogP contribution is 2.21. The molecular formula is C23H29N5O. The first kappa shape index (κ1) is 19.5. The molecule has 1 aliphatic rings. The van der Waals surface area contributed by atoms with Gasteiger partial charge in [0.25, 0.3) is 5.91 Å². The number of anilines is 1. The van der Waals surface area contributed by atoms with E-state index in [0.29, 0.717) is 12.1 Å². The molecule has 6 heteroatoms. The van der Waals surface area contributed by atoms with Crippen LogP contribution in [-0.2, 0) is 6.54 Å². The molecule has 1 atom stereocenters. The highest BCUT2D eigenvalue weighted by Gasteiger charge is 2.13. The predicted octanol–water partition coefficient (Wildman–Crippen LogP) is 3.00. The fourth-order valence-electron chi connectivity index (χ4n) is 3.86. The summed E-state index contributed by atoms with van der Waals surface area (Å²) in [7, 11) is 0. The summed E-state index contributed by atoms with van der Waals surface area (Å²) in [6.07, 6.45) is 3.67. The molecule has 0 radical (unpaired) electrons. The number of benzene rings is 1. The van der Waals surface area contributed by atoms with Gasteiger partial charge in [-0.15, -0.1) is 0 Å². The van der Waals surface area contributed by atoms with Crippen LogP contribution in [-0.4, -0.2) is 48.2 Å². The second kappa shape index (κ2) is 8.66. The lowest BCUT2D eigenvalue weighted by molar-refractivity contribution is 0.0951. The lowest BCUT2D eigenvalue weighted by Crippen LogP contribution is -2.43. The van der Waals surface area contributed by atoms with Gasteiger partial charge >= 0.3 is 0 Å². The molecule has 152 valence electrons. The Morgan fingerprint density at radius 2 is 1.97 bits per heavy atom. The van der Waals surface area contributed by atoms with E-state index in [0.717, 1.165) is 43.8 Å². The van der Waals surface area contributed by atoms with E-state index in [1.54, 1.807) is 6.20 Å². The first-order valence-electron chi connectivity index (χ1n) is 10.4. The highest BCUT2D eigenvalue weighted by molar-refractivity contribution is 5.97. The molecule has 2 aromatic heterocycles. The van der Waals surface area contributed by atoms with Gasteiger partial charge in [-0.1, -0.05) is 19.1 Å². The van der Waals surface area contributed by atoms with Crippen molar-refractivity contribution < 1.29 is 4.79 Å². The molecule has 1 saturated heterocycles. The predicted molar refractivity (Wildman–Crippen MR) is 118 cm³/mol. The zero-order valence-corrected chi connectivity index (χ0v) is 17.2. The molecule has 1 amide bonds. The summed E-state index contributed by atoms with van der Waals surface area (Å²) in [6.45, 7) is 9.85. The molecule has 0 unspecified atom stereocenters. The van der Waals surface area contributed by atoms with Gasteiger partial charge in [0.1, 0.15) is 5.65 Å². The van der Waals surface area contributed by atoms with Gasteiger partial charge in [0.2, 0.25) is 0 Å². The van der Waals surface area contributed by atoms with Crippen molar-refractivity contribution in [2.45, 2.75) is 26.3 Å². The summed E-state index contributed by atoms with van der Waals surface area (Å²) in [5.74, 6) is 0.168. The molecule has 2 N–H and O–H groups in total. The fourth-order valence-corrected chi connectivity index (χ4v) is 3.86. The molecule has 1 aliphatic heterocycles. The quantitative estimate of drug-likeness (QED) is 0.678. The number of amides is 1. The van der Waals surface area contributed by atoms with Crippen LogP contribution >= 0.6 is 0 Å². The third-order valence-corrected chi connectivity index (χ3v) is 5.72. The van der Waals surface area contributed by atoms with Gasteiger partial charge in [0.05, 0.1) is 5.56 Å². The van der Waals surface area contributed by atoms with Gasteiger partial charge in [-0.3, -0.25) is 4.79 Å². The Morgan fingerprint density at radius 1 is 1.21 bits per heavy atom. The number of hydrogen-bond acceptors (Lipinski definition) is 4. The summed E-state index contributed by atoms with van der Waals surface area (Å²) in [5.41, 5.74) is 4.03. The maximum absolute atomic E-state index is 12.6. The van der Waals surface area contributed by atoms with Crippen LogP contribution in [0.5, 0.6) is 0 Å². The fraction of sp³-hybridized carbons (Fsp3) is 0.391. The number of rotatable bonds is 6. The lowest BCUT2D eigenvalue weighted by Gasteiger charge is -2.29. The molecular weight excluding hydrogens is 362 g/mol. The summed E-state index contributed by atoms with van der Waals surface area (Å²) in [5, 5.41) is 7.43. The van der Waals surface area contributed by atoms with Crippen molar-refractivity contribution in [3.63, 3.8) is 0 Å². The maximum atomic E-state index is 12.6. The number of carbonyl (C=O) groups is 1. The van der Waals surface area contributed by atoms with E-state index < -0.39 is 0 Å². The third kappa shape index (κ3) is 4.27. The van der Waals surface area contributed by atoms with Crippen molar-refractivity contribution in [1.29, 1.82) is 0 Å². The van der Waals surface area contributed by atoms with E-state index >= 15 is 0 Å². The molecule has 1 aromatic carbocycles. The van der Waals surface area contributed by atoms with Crippen molar-refractivity contribution >= 4 is 22.6 Å². The number of hydrogen-bond donors (Lipinski definition) is 2. The number of piperazine rings is 1. The molecule has 4 rings (SSSR count). The van der Waals surface area contributed by atoms with Crippen LogP contribution in [0.25, 0.3) is 11.0 Å². The van der Waals surface area contributed by atoms with Gasteiger partial charge in [-0.05, 0) is 42.7 Å². The topological polar surface area (TPSA) is 62.2 Å². The molecule has 0 saturated carbocycles. The largest absolute Gasteiger partial charge is 0.369 e. The molecule has 3 heterocycles. The lowest BCUT2D eigenvalue weighted by atomic mass is 10.0. The van der Waals surface area contributed by atoms with Crippen LogP contribution in [0.4, 0.5) is 5.69 Å². The number of aryl methyl sites for hydroxylation is 1. The Bertz CT molecular complexity index is 973. The third-order valence-electron chi connectivity index (χ3n) is 5.72. The smallest absolute Gasteiger partial charge is 0.252 e. The van der Waals surface area contributed by atoms with Crippen molar-refractivity contribution in [1.82, 2.24) is 20.2 Å². The Balaban J connectivity index is 1.36. The Morgan fingerprint density at radius 3 is 2.69 bits per heavy atom. The van der Waals surface area contributed by atoms with Gasteiger partial charge in [0.15, 0.2) is 0 Å². The number of fused-ring (bicyclic) bond motifs is 1. The van der Waals surface area contributed by atoms with Crippen molar-refractivity contribution in [3.8, 4) is 0 Å². The van der Waals surface area contributed by atoms with Crippen molar-refractivity contribution in [3.05, 3.63) is 59.9 Å². The zero-order valence-electron chi connectivity index (χ0n) is 17.2. The Labute approximate surface area is 171 Å². The molecule has 1 fully saturated rings. The van der Waals surface area contributed by atoms with Crippen LogP contribution < -0.4 is 15.5 Å². The summed E-state index contributed by atoms with van der Waals surface area (Å²) >= 11 is 0. The van der Waals surface area contributed by atoms with Crippen LogP contribution in [0.15, 0.2) is 48.8 Å². The summed E-state index contributed by atoms with van der Waals surface area (Å²) in [6, 6.07) is 12.6. The average Bonchev–Trinajstić information content (AvgIpc) is 3.20. The summed E-state index contributed by atoms with van der Waals surface area (Å²) in [4.78, 5) is 19.5. The first-order chi connectivity index (χ1) is 14.2. The molecule has 3 aromatic rings. The number of aromatic nitrogens is 2. The van der Waals surface area contributed by atoms with Crippen LogP contribution in [0.3, 0.4) is 0 Å². The van der Waals surface area contributed by atoms with E-state index in [-0.39, 0.29) is 11.8 Å². The maximum Gasteiger partial charge on any atom is 0.252 e. The molecule has 0 spiro atoms. The molecule has 0 aliphatic carbocycles. The summed E-state index contributed by atoms with van der Waals surface area (Å²) < 4.78 is 2.07. The molecule has 29 heavy (non-hydrogen) atoms. The average molecular weight is 392 g/mol. The van der Waals surface area contributed by atoms with E-state index in [1.165, 1.54) is 11.3 Å². The standard InChI is InChI=1S/C23H29N5O/c1-3-27-11-8-19-14-20(16-25-22(19)27)23(29)26-15-17(2)18-4-6-21(7-5-18)28-12-9-24-10-13-28/h4-8,11,14,16-17,24H,3,9-10,12-13,15H2,1-2H3,(H,26,29)/t17-/m0/s1. The van der Waals surface area contributed by atoms with Crippen LogP contribution in [0.2, 0.25) is 0 Å². The van der Waals surface area contributed by atoms with E-state index in [4.69, 9.17) is 0 Å². The first-order valence-corrected chi connectivity index (χ1v) is 10.4. The minimum Gasteiger partial charge on any atom is -0.369 e. The monoisotopic (exact) mass is 391 g/mol. The van der Waals surface area contributed by atoms with E-state index in [9.17, 15) is 4.79 Å². The van der Waals surface area contributed by atoms with E-state index in [1.807, 2.05) is 18.3 Å². The minimum atomic E-state index is -0.0760. The van der Waals surface area contributed by atoms with E-state index in [2.05, 4.69) is 63.2 Å². The minimum absolute atomic E-state index is 0.0760. The van der Waals surface area contributed by atoms with Gasteiger partial charge in [-0.25, -0.2) is 4.98 Å². The highest BCUT2D eigenvalue weighted by atomic mass is 16.1. The number of nitrogens with one attached hydrogen (secondary N) is 2. The molecule has 0 bridgehead atoms. The van der Waals surface area contributed by atoms with Crippen molar-refractivity contribution in [2.75, 3.05) is 37.6 Å². The number of pyridine rings is 1. The zero-order chi connectivity index (χ0) is 20.2.